The molecular formula is C26H28ClNO4. The number of ketones is 1. The summed E-state index contributed by atoms with van der Waals surface area (Å²) in [4.78, 5) is 25.8. The smallest absolute Gasteiger partial charge is 0.225 e. The van der Waals surface area contributed by atoms with Crippen molar-refractivity contribution in [1.29, 1.82) is 0 Å². The van der Waals surface area contributed by atoms with E-state index in [1.165, 1.54) is 0 Å². The molecule has 0 aromatic heterocycles. The van der Waals surface area contributed by atoms with Crippen LogP contribution in [-0.4, -0.2) is 24.9 Å². The van der Waals surface area contributed by atoms with Crippen molar-refractivity contribution < 1.29 is 19.1 Å². The van der Waals surface area contributed by atoms with Crippen LogP contribution in [0, 0.1) is 0 Å². The molecule has 2 aliphatic rings. The maximum absolute atomic E-state index is 13.3. The Morgan fingerprint density at radius 2 is 1.72 bits per heavy atom. The van der Waals surface area contributed by atoms with Gasteiger partial charge in [-0.25, -0.2) is 0 Å². The van der Waals surface area contributed by atoms with Gasteiger partial charge in [0.05, 0.1) is 18.2 Å². The fourth-order valence-corrected chi connectivity index (χ4v) is 4.79. The van der Waals surface area contributed by atoms with Crippen molar-refractivity contribution in [3.63, 3.8) is 0 Å². The van der Waals surface area contributed by atoms with E-state index in [0.717, 1.165) is 29.0 Å². The Balaban J connectivity index is 1.60. The number of allylic oxidation sites excluding steroid dienone is 2. The topological polar surface area (TPSA) is 64.6 Å². The van der Waals surface area contributed by atoms with E-state index in [2.05, 4.69) is 12.2 Å². The van der Waals surface area contributed by atoms with Crippen molar-refractivity contribution in [1.82, 2.24) is 5.32 Å². The lowest BCUT2D eigenvalue weighted by Crippen LogP contribution is -2.38. The zero-order chi connectivity index (χ0) is 22.7. The van der Waals surface area contributed by atoms with Gasteiger partial charge in [-0.15, -0.1) is 0 Å². The predicted molar refractivity (Wildman–Crippen MR) is 124 cm³/mol. The minimum absolute atomic E-state index is 0.0319. The van der Waals surface area contributed by atoms with Gasteiger partial charge >= 0.3 is 0 Å². The van der Waals surface area contributed by atoms with Gasteiger partial charge in [-0.2, -0.15) is 0 Å². The SMILES string of the molecule is CCCOc1ccc(C2CC(=O)C3=C(C2)NC(=O)CC3c2ccc(OCC)c(Cl)c2)cc1. The molecule has 0 bridgehead atoms. The minimum Gasteiger partial charge on any atom is -0.494 e. The Kier molecular flexibility index (Phi) is 6.85. The first kappa shape index (κ1) is 22.4. The van der Waals surface area contributed by atoms with Gasteiger partial charge in [-0.3, -0.25) is 9.59 Å². The van der Waals surface area contributed by atoms with Gasteiger partial charge in [0.15, 0.2) is 5.78 Å². The van der Waals surface area contributed by atoms with Crippen LogP contribution in [0.25, 0.3) is 0 Å². The van der Waals surface area contributed by atoms with Crippen LogP contribution in [0.5, 0.6) is 11.5 Å². The number of carbonyl (C=O) groups is 2. The zero-order valence-corrected chi connectivity index (χ0v) is 19.2. The van der Waals surface area contributed by atoms with E-state index in [9.17, 15) is 9.59 Å². The summed E-state index contributed by atoms with van der Waals surface area (Å²) in [7, 11) is 0. The number of rotatable bonds is 7. The molecule has 2 aromatic rings. The lowest BCUT2D eigenvalue weighted by Gasteiger charge is -2.34. The van der Waals surface area contributed by atoms with Crippen molar-refractivity contribution in [3.8, 4) is 11.5 Å². The molecule has 0 saturated heterocycles. The third kappa shape index (κ3) is 4.68. The van der Waals surface area contributed by atoms with Gasteiger partial charge in [0, 0.05) is 30.0 Å². The Labute approximate surface area is 193 Å². The van der Waals surface area contributed by atoms with Crippen LogP contribution in [0.1, 0.15) is 62.5 Å². The number of hydrogen-bond acceptors (Lipinski definition) is 4. The van der Waals surface area contributed by atoms with Crippen LogP contribution < -0.4 is 14.8 Å². The standard InChI is InChI=1S/C26H28ClNO4/c1-3-11-32-19-8-5-16(6-9-19)18-13-22-26(23(29)14-18)20(15-25(30)28-22)17-7-10-24(31-4-2)21(27)12-17/h5-10,12,18,20H,3-4,11,13-15H2,1-2H3,(H,28,30). The maximum Gasteiger partial charge on any atom is 0.225 e. The van der Waals surface area contributed by atoms with E-state index in [0.29, 0.717) is 42.4 Å². The van der Waals surface area contributed by atoms with E-state index in [4.69, 9.17) is 21.1 Å². The molecule has 0 fully saturated rings. The molecule has 168 valence electrons. The summed E-state index contributed by atoms with van der Waals surface area (Å²) in [6.45, 7) is 5.17. The number of halogens is 1. The number of ether oxygens (including phenoxy) is 2. The summed E-state index contributed by atoms with van der Waals surface area (Å²) < 4.78 is 11.2. The molecule has 0 saturated carbocycles. The Morgan fingerprint density at radius 3 is 2.41 bits per heavy atom. The molecule has 1 heterocycles. The minimum atomic E-state index is -0.287. The average Bonchev–Trinajstić information content (AvgIpc) is 2.78. The molecule has 2 aromatic carbocycles. The van der Waals surface area contributed by atoms with E-state index in [1.807, 2.05) is 49.4 Å². The molecule has 1 amide bonds. The van der Waals surface area contributed by atoms with Gasteiger partial charge in [-0.05, 0) is 61.1 Å². The quantitative estimate of drug-likeness (QED) is 0.598. The molecule has 1 N–H and O–H groups in total. The van der Waals surface area contributed by atoms with E-state index in [-0.39, 0.29) is 29.9 Å². The number of hydrogen-bond donors (Lipinski definition) is 1. The van der Waals surface area contributed by atoms with Gasteiger partial charge in [-0.1, -0.05) is 36.7 Å². The molecule has 2 atom stereocenters. The molecular weight excluding hydrogens is 426 g/mol. The first-order valence-corrected chi connectivity index (χ1v) is 11.6. The van der Waals surface area contributed by atoms with Gasteiger partial charge in [0.2, 0.25) is 5.91 Å². The molecule has 32 heavy (non-hydrogen) atoms. The first-order valence-electron chi connectivity index (χ1n) is 11.2. The summed E-state index contributed by atoms with van der Waals surface area (Å²) in [5.74, 6) is 1.19. The summed E-state index contributed by atoms with van der Waals surface area (Å²) in [5, 5.41) is 3.46. The molecule has 4 rings (SSSR count). The van der Waals surface area contributed by atoms with Crippen LogP contribution in [-0.2, 0) is 9.59 Å². The predicted octanol–water partition coefficient (Wildman–Crippen LogP) is 5.53. The Bertz CT molecular complexity index is 1040. The Hall–Kier alpha value is -2.79. The largest absolute Gasteiger partial charge is 0.494 e. The normalized spacial score (nSPS) is 20.6. The average molecular weight is 454 g/mol. The number of Topliss-reactive ketones (excluding diaryl/α,β-unsaturated/α-hetero) is 1. The molecule has 1 aliphatic carbocycles. The molecule has 1 aliphatic heterocycles. The van der Waals surface area contributed by atoms with E-state index >= 15 is 0 Å². The number of amides is 1. The van der Waals surface area contributed by atoms with Crippen LogP contribution in [0.3, 0.4) is 0 Å². The molecule has 0 radical (unpaired) electrons. The highest BCUT2D eigenvalue weighted by Crippen LogP contribution is 2.43. The lowest BCUT2D eigenvalue weighted by atomic mass is 9.73. The number of nitrogens with one attached hydrogen (secondary N) is 1. The third-order valence-electron chi connectivity index (χ3n) is 6.02. The Morgan fingerprint density at radius 1 is 0.969 bits per heavy atom. The van der Waals surface area contributed by atoms with Crippen LogP contribution in [0.2, 0.25) is 5.02 Å². The second-order valence-corrected chi connectivity index (χ2v) is 8.67. The van der Waals surface area contributed by atoms with Gasteiger partial charge in [0.25, 0.3) is 0 Å². The highest BCUT2D eigenvalue weighted by atomic mass is 35.5. The summed E-state index contributed by atoms with van der Waals surface area (Å²) in [6, 6.07) is 13.5. The van der Waals surface area contributed by atoms with Crippen molar-refractivity contribution in [3.05, 3.63) is 69.9 Å². The van der Waals surface area contributed by atoms with Gasteiger partial charge < -0.3 is 14.8 Å². The van der Waals surface area contributed by atoms with Gasteiger partial charge in [0.1, 0.15) is 11.5 Å². The van der Waals surface area contributed by atoms with Crippen molar-refractivity contribution >= 4 is 23.3 Å². The lowest BCUT2D eigenvalue weighted by molar-refractivity contribution is -0.122. The highest BCUT2D eigenvalue weighted by Gasteiger charge is 2.38. The van der Waals surface area contributed by atoms with E-state index in [1.54, 1.807) is 0 Å². The third-order valence-corrected chi connectivity index (χ3v) is 6.31. The fraction of sp³-hybridized carbons (Fsp3) is 0.385. The summed E-state index contributed by atoms with van der Waals surface area (Å²) in [6.07, 6.45) is 2.24. The zero-order valence-electron chi connectivity index (χ0n) is 18.4. The van der Waals surface area contributed by atoms with Crippen molar-refractivity contribution in [2.45, 2.75) is 51.4 Å². The summed E-state index contributed by atoms with van der Waals surface area (Å²) >= 11 is 6.39. The van der Waals surface area contributed by atoms with Crippen LogP contribution in [0.4, 0.5) is 0 Å². The highest BCUT2D eigenvalue weighted by molar-refractivity contribution is 6.32. The molecule has 6 heteroatoms. The second kappa shape index (κ2) is 9.78. The summed E-state index contributed by atoms with van der Waals surface area (Å²) in [5.41, 5.74) is 3.40. The number of benzene rings is 2. The van der Waals surface area contributed by atoms with Crippen LogP contribution in [0.15, 0.2) is 53.7 Å². The van der Waals surface area contributed by atoms with Crippen molar-refractivity contribution in [2.75, 3.05) is 13.2 Å². The van der Waals surface area contributed by atoms with E-state index < -0.39 is 0 Å². The molecule has 0 spiro atoms. The molecule has 5 nitrogen and oxygen atoms in total. The first-order chi connectivity index (χ1) is 15.5. The monoisotopic (exact) mass is 453 g/mol. The van der Waals surface area contributed by atoms with Crippen LogP contribution >= 0.6 is 11.6 Å². The second-order valence-electron chi connectivity index (χ2n) is 8.27. The maximum atomic E-state index is 13.3. The fourth-order valence-electron chi connectivity index (χ4n) is 4.54. The molecule has 2 unspecified atom stereocenters. The number of carbonyl (C=O) groups excluding carboxylic acids is 2. The van der Waals surface area contributed by atoms with Crippen molar-refractivity contribution in [2.24, 2.45) is 0 Å².